The molecule has 2 N–H and O–H groups in total. The first-order valence-electron chi connectivity index (χ1n) is 7.11. The molecule has 21 heavy (non-hydrogen) atoms. The largest absolute Gasteiger partial charge is 0.391 e. The molecule has 0 saturated carbocycles. The van der Waals surface area contributed by atoms with Crippen LogP contribution in [0.4, 0.5) is 16.2 Å². The van der Waals surface area contributed by atoms with Gasteiger partial charge in [-0.15, -0.1) is 0 Å². The van der Waals surface area contributed by atoms with Crippen molar-refractivity contribution in [3.63, 3.8) is 0 Å². The Hall–Kier alpha value is -1.51. The molecule has 0 bridgehead atoms. The molecule has 0 spiro atoms. The van der Waals surface area contributed by atoms with Crippen molar-refractivity contribution >= 4 is 11.8 Å². The van der Waals surface area contributed by atoms with E-state index in [1.165, 1.54) is 0 Å². The van der Waals surface area contributed by atoms with E-state index in [0.29, 0.717) is 51.9 Å². The number of aromatic nitrogens is 2. The number of hydrogen-bond donors (Lipinski definition) is 2. The number of ether oxygens (including phenoxy) is 2. The third kappa shape index (κ3) is 3.39. The first kappa shape index (κ1) is 14.4. The fourth-order valence-corrected chi connectivity index (χ4v) is 2.45. The fourth-order valence-electron chi connectivity index (χ4n) is 2.45. The molecule has 1 aromatic rings. The summed E-state index contributed by atoms with van der Waals surface area (Å²) < 4.78 is 24.5. The van der Waals surface area contributed by atoms with Crippen molar-refractivity contribution in [2.45, 2.75) is 18.6 Å². The molecule has 0 radical (unpaired) electrons. The lowest BCUT2D eigenvalue weighted by Crippen LogP contribution is -2.43. The zero-order valence-corrected chi connectivity index (χ0v) is 11.7. The summed E-state index contributed by atoms with van der Waals surface area (Å²) in [5, 5.41) is 12.9. The van der Waals surface area contributed by atoms with Gasteiger partial charge in [-0.1, -0.05) is 0 Å². The Kier molecular flexibility index (Phi) is 4.47. The highest BCUT2D eigenvalue weighted by Crippen LogP contribution is 2.20. The molecule has 3 rings (SSSR count). The Morgan fingerprint density at radius 1 is 1.29 bits per heavy atom. The van der Waals surface area contributed by atoms with Crippen LogP contribution in [0.1, 0.15) is 6.42 Å². The van der Waals surface area contributed by atoms with Crippen LogP contribution in [0.3, 0.4) is 0 Å². The van der Waals surface area contributed by atoms with Gasteiger partial charge < -0.3 is 24.8 Å². The van der Waals surface area contributed by atoms with Crippen molar-refractivity contribution in [3.05, 3.63) is 12.0 Å². The van der Waals surface area contributed by atoms with Crippen LogP contribution in [0.2, 0.25) is 0 Å². The second-order valence-electron chi connectivity index (χ2n) is 5.15. The lowest BCUT2D eigenvalue weighted by atomic mass is 10.1. The normalized spacial score (nSPS) is 26.7. The number of halogens is 1. The van der Waals surface area contributed by atoms with Crippen LogP contribution < -0.4 is 10.2 Å². The van der Waals surface area contributed by atoms with E-state index in [4.69, 9.17) is 9.47 Å². The number of nitrogens with zero attached hydrogens (tertiary/aromatic N) is 3. The number of aliphatic hydroxyl groups excluding tert-OH is 1. The van der Waals surface area contributed by atoms with Gasteiger partial charge in [0.25, 0.3) is 0 Å². The summed E-state index contributed by atoms with van der Waals surface area (Å²) in [5.41, 5.74) is 0. The summed E-state index contributed by atoms with van der Waals surface area (Å²) in [7, 11) is 0. The van der Waals surface area contributed by atoms with Gasteiger partial charge >= 0.3 is 0 Å². The molecule has 116 valence electrons. The number of anilines is 2. The van der Waals surface area contributed by atoms with E-state index in [-0.39, 0.29) is 11.9 Å². The Labute approximate surface area is 122 Å². The average Bonchev–Trinajstić information content (AvgIpc) is 2.52. The molecule has 2 aliphatic heterocycles. The number of rotatable bonds is 3. The molecule has 1 aromatic heterocycles. The van der Waals surface area contributed by atoms with E-state index in [9.17, 15) is 9.50 Å². The van der Waals surface area contributed by atoms with Gasteiger partial charge in [-0.3, -0.25) is 0 Å². The summed E-state index contributed by atoms with van der Waals surface area (Å²) >= 11 is 0. The molecule has 0 aliphatic carbocycles. The Morgan fingerprint density at radius 3 is 2.86 bits per heavy atom. The van der Waals surface area contributed by atoms with Crippen LogP contribution in [0.15, 0.2) is 6.20 Å². The predicted octanol–water partition coefficient (Wildman–Crippen LogP) is 0.0140. The monoisotopic (exact) mass is 298 g/mol. The van der Waals surface area contributed by atoms with Gasteiger partial charge in [-0.2, -0.15) is 4.98 Å². The number of morpholine rings is 1. The topological polar surface area (TPSA) is 79.7 Å². The van der Waals surface area contributed by atoms with Gasteiger partial charge in [0.2, 0.25) is 5.95 Å². The molecule has 7 nitrogen and oxygen atoms in total. The van der Waals surface area contributed by atoms with Crippen LogP contribution in [0.25, 0.3) is 0 Å². The highest BCUT2D eigenvalue weighted by atomic mass is 19.1. The van der Waals surface area contributed by atoms with Gasteiger partial charge in [0.15, 0.2) is 11.6 Å². The Balaban J connectivity index is 1.73. The Morgan fingerprint density at radius 2 is 2.10 bits per heavy atom. The number of hydrogen-bond acceptors (Lipinski definition) is 7. The number of nitrogens with one attached hydrogen (secondary N) is 1. The van der Waals surface area contributed by atoms with Crippen molar-refractivity contribution in [1.82, 2.24) is 9.97 Å². The van der Waals surface area contributed by atoms with E-state index < -0.39 is 11.9 Å². The highest BCUT2D eigenvalue weighted by Gasteiger charge is 2.25. The standard InChI is InChI=1S/C13H19FN4O3/c14-9-7-15-13(16-10-8-21-4-1-11(10)19)17-12(9)18-2-5-20-6-3-18/h7,10-11,19H,1-6,8H2,(H,15,16,17)/t10-,11-/m1/s1. The third-order valence-corrected chi connectivity index (χ3v) is 3.67. The second kappa shape index (κ2) is 6.50. The minimum atomic E-state index is -0.515. The molecule has 2 aliphatic rings. The van der Waals surface area contributed by atoms with Crippen LogP contribution >= 0.6 is 0 Å². The maximum absolute atomic E-state index is 13.9. The average molecular weight is 298 g/mol. The fraction of sp³-hybridized carbons (Fsp3) is 0.692. The first-order chi connectivity index (χ1) is 10.2. The quantitative estimate of drug-likeness (QED) is 0.814. The first-order valence-corrected chi connectivity index (χ1v) is 7.11. The molecule has 0 aromatic carbocycles. The van der Waals surface area contributed by atoms with Gasteiger partial charge in [0.1, 0.15) is 0 Å². The Bertz CT molecular complexity index is 484. The maximum atomic E-state index is 13.9. The molecule has 2 fully saturated rings. The highest BCUT2D eigenvalue weighted by molar-refractivity contribution is 5.44. The second-order valence-corrected chi connectivity index (χ2v) is 5.15. The SMILES string of the molecule is O[C@@H]1CCOC[C@H]1Nc1ncc(F)c(N2CCOCC2)n1. The molecule has 8 heteroatoms. The lowest BCUT2D eigenvalue weighted by Gasteiger charge is -2.30. The van der Waals surface area contributed by atoms with Gasteiger partial charge in [-0.25, -0.2) is 9.37 Å². The van der Waals surface area contributed by atoms with Crippen molar-refractivity contribution in [1.29, 1.82) is 0 Å². The molecule has 2 atom stereocenters. The van der Waals surface area contributed by atoms with E-state index in [0.717, 1.165) is 6.20 Å². The number of aliphatic hydroxyl groups is 1. The molecular weight excluding hydrogens is 279 g/mol. The molecule has 3 heterocycles. The van der Waals surface area contributed by atoms with E-state index in [1.54, 1.807) is 0 Å². The van der Waals surface area contributed by atoms with Crippen LogP contribution in [-0.4, -0.2) is 66.7 Å². The van der Waals surface area contributed by atoms with Gasteiger partial charge in [-0.05, 0) is 6.42 Å². The smallest absolute Gasteiger partial charge is 0.225 e. The minimum absolute atomic E-state index is 0.266. The van der Waals surface area contributed by atoms with Gasteiger partial charge in [0, 0.05) is 19.7 Å². The van der Waals surface area contributed by atoms with Crippen molar-refractivity contribution in [2.24, 2.45) is 0 Å². The van der Waals surface area contributed by atoms with Gasteiger partial charge in [0.05, 0.1) is 38.2 Å². The van der Waals surface area contributed by atoms with Crippen molar-refractivity contribution < 1.29 is 19.0 Å². The van der Waals surface area contributed by atoms with Crippen LogP contribution in [0, 0.1) is 5.82 Å². The zero-order valence-electron chi connectivity index (χ0n) is 11.7. The predicted molar refractivity (Wildman–Crippen MR) is 73.9 cm³/mol. The molecular formula is C13H19FN4O3. The molecule has 0 unspecified atom stereocenters. The summed E-state index contributed by atoms with van der Waals surface area (Å²) in [6.07, 6.45) is 1.20. The van der Waals surface area contributed by atoms with Crippen molar-refractivity contribution in [2.75, 3.05) is 49.7 Å². The van der Waals surface area contributed by atoms with Crippen LogP contribution in [0.5, 0.6) is 0 Å². The van der Waals surface area contributed by atoms with Crippen LogP contribution in [-0.2, 0) is 9.47 Å². The maximum Gasteiger partial charge on any atom is 0.225 e. The van der Waals surface area contributed by atoms with E-state index >= 15 is 0 Å². The summed E-state index contributed by atoms with van der Waals surface area (Å²) in [6, 6.07) is -0.276. The zero-order chi connectivity index (χ0) is 14.7. The lowest BCUT2D eigenvalue weighted by molar-refractivity contribution is 0.00292. The molecule has 0 amide bonds. The summed E-state index contributed by atoms with van der Waals surface area (Å²) in [5.74, 6) is 0.109. The minimum Gasteiger partial charge on any atom is -0.391 e. The van der Waals surface area contributed by atoms with E-state index in [1.807, 2.05) is 4.90 Å². The third-order valence-electron chi connectivity index (χ3n) is 3.67. The van der Waals surface area contributed by atoms with Crippen molar-refractivity contribution in [3.8, 4) is 0 Å². The molecule has 2 saturated heterocycles. The summed E-state index contributed by atoms with van der Waals surface area (Å²) in [4.78, 5) is 10.0. The summed E-state index contributed by atoms with van der Waals surface area (Å²) in [6.45, 7) is 3.24. The van der Waals surface area contributed by atoms with E-state index in [2.05, 4.69) is 15.3 Å².